The number of hydrogen-bond donors (Lipinski definition) is 7. The van der Waals surface area contributed by atoms with Gasteiger partial charge in [0, 0.05) is 23.9 Å². The van der Waals surface area contributed by atoms with Crippen LogP contribution in [-0.4, -0.2) is 110 Å². The molecular formula is C24H34N6O13P2. The number of fused-ring (bicyclic) bond motifs is 1. The van der Waals surface area contributed by atoms with Crippen molar-refractivity contribution >= 4 is 32.7 Å². The number of allylic oxidation sites excluding steroid dienone is 1. The monoisotopic (exact) mass is 676 g/mol. The van der Waals surface area contributed by atoms with Gasteiger partial charge in [0.15, 0.2) is 11.9 Å². The number of primary amides is 1. The van der Waals surface area contributed by atoms with Crippen LogP contribution in [-0.2, 0) is 32.0 Å². The summed E-state index contributed by atoms with van der Waals surface area (Å²) in [7, 11) is -10.6. The molecule has 19 nitrogen and oxygen atoms in total. The van der Waals surface area contributed by atoms with Gasteiger partial charge in [-0.25, -0.2) is 24.1 Å². The molecule has 2 fully saturated rings. The number of aliphatic hydroxyl groups excluding tert-OH is 4. The van der Waals surface area contributed by atoms with E-state index in [0.29, 0.717) is 29.1 Å². The number of aryl methyl sites for hydroxylation is 2. The number of nitrogens with two attached hydrogens (primary N) is 1. The smallest absolute Gasteiger partial charge is 0.390 e. The molecule has 3 aliphatic rings. The number of rotatable bonds is 11. The predicted molar refractivity (Wildman–Crippen MR) is 150 cm³/mol. The van der Waals surface area contributed by atoms with Crippen molar-refractivity contribution < 1.29 is 62.2 Å². The fourth-order valence-electron chi connectivity index (χ4n) is 5.56. The molecule has 0 spiro atoms. The quantitative estimate of drug-likeness (QED) is 0.141. The summed E-state index contributed by atoms with van der Waals surface area (Å²) in [6, 6.07) is -0.733. The molecule has 248 valence electrons. The van der Waals surface area contributed by atoms with E-state index in [0.717, 1.165) is 0 Å². The normalized spacial score (nSPS) is 32.9. The molecule has 5 rings (SSSR count). The van der Waals surface area contributed by atoms with Crippen molar-refractivity contribution in [1.29, 1.82) is 0 Å². The number of phosphoric ester groups is 2. The van der Waals surface area contributed by atoms with Crippen molar-refractivity contribution in [2.75, 3.05) is 13.2 Å². The molecule has 4 heterocycles. The molecule has 45 heavy (non-hydrogen) atoms. The number of aliphatic hydroxyl groups is 4. The van der Waals surface area contributed by atoms with Crippen LogP contribution < -0.4 is 5.73 Å². The van der Waals surface area contributed by atoms with Crippen molar-refractivity contribution in [1.82, 2.24) is 24.4 Å². The van der Waals surface area contributed by atoms with Gasteiger partial charge in [-0.1, -0.05) is 6.08 Å². The Morgan fingerprint density at radius 3 is 2.42 bits per heavy atom. The van der Waals surface area contributed by atoms with Gasteiger partial charge in [0.1, 0.15) is 42.1 Å². The van der Waals surface area contributed by atoms with Crippen LogP contribution in [0.15, 0.2) is 30.4 Å². The molecule has 0 bridgehead atoms. The second-order valence-corrected chi connectivity index (χ2v) is 14.0. The molecular weight excluding hydrogens is 642 g/mol. The summed E-state index contributed by atoms with van der Waals surface area (Å²) >= 11 is 0. The summed E-state index contributed by atoms with van der Waals surface area (Å²) in [5, 5.41) is 42.2. The molecule has 1 saturated heterocycles. The minimum absolute atomic E-state index is 0.0418. The number of nitrogens with zero attached hydrogens (tertiary/aromatic N) is 5. The third kappa shape index (κ3) is 7.05. The summed E-state index contributed by atoms with van der Waals surface area (Å²) in [4.78, 5) is 45.8. The Kier molecular flexibility index (Phi) is 9.64. The van der Waals surface area contributed by atoms with E-state index >= 15 is 0 Å². The number of phosphoric acid groups is 2. The zero-order chi connectivity index (χ0) is 32.8. The SMILES string of the molecule is Cc1ncnc2c1nc(C)n2C1OC(COP(=O)(O)OP(=O)(O)OCC2CC(N3C=CCC(C(N)=O)=C3)C(O)C2O)C(O)C1O. The summed E-state index contributed by atoms with van der Waals surface area (Å²) in [6.07, 6.45) is -2.20. The van der Waals surface area contributed by atoms with Crippen molar-refractivity contribution in [2.45, 2.75) is 69.5 Å². The Labute approximate surface area is 255 Å². The van der Waals surface area contributed by atoms with E-state index in [1.807, 2.05) is 0 Å². The Bertz CT molecular complexity index is 1600. The number of carbonyl (C=O) groups excluding carboxylic acids is 1. The zero-order valence-electron chi connectivity index (χ0n) is 24.0. The molecule has 2 aliphatic heterocycles. The van der Waals surface area contributed by atoms with E-state index in [2.05, 4.69) is 19.3 Å². The van der Waals surface area contributed by atoms with Crippen LogP contribution in [0.1, 0.15) is 30.6 Å². The lowest BCUT2D eigenvalue weighted by Crippen LogP contribution is -2.39. The van der Waals surface area contributed by atoms with E-state index in [9.17, 15) is 44.1 Å². The maximum Gasteiger partial charge on any atom is 0.481 e. The van der Waals surface area contributed by atoms with Gasteiger partial charge in [0.25, 0.3) is 0 Å². The first-order valence-electron chi connectivity index (χ1n) is 13.7. The maximum atomic E-state index is 12.5. The molecule has 10 unspecified atom stereocenters. The number of aromatic nitrogens is 4. The molecule has 0 aromatic carbocycles. The van der Waals surface area contributed by atoms with Crippen molar-refractivity contribution in [3.8, 4) is 0 Å². The first-order valence-corrected chi connectivity index (χ1v) is 16.7. The van der Waals surface area contributed by atoms with Gasteiger partial charge < -0.3 is 45.6 Å². The van der Waals surface area contributed by atoms with Gasteiger partial charge in [-0.05, 0) is 26.7 Å². The van der Waals surface area contributed by atoms with E-state index in [1.54, 1.807) is 26.1 Å². The highest BCUT2D eigenvalue weighted by Gasteiger charge is 2.48. The van der Waals surface area contributed by atoms with Crippen LogP contribution in [0.25, 0.3) is 11.2 Å². The fourth-order valence-corrected chi connectivity index (χ4v) is 7.69. The van der Waals surface area contributed by atoms with Crippen LogP contribution in [0.3, 0.4) is 0 Å². The van der Waals surface area contributed by atoms with Gasteiger partial charge in [-0.3, -0.25) is 18.4 Å². The van der Waals surface area contributed by atoms with E-state index in [4.69, 9.17) is 19.5 Å². The maximum absolute atomic E-state index is 12.5. The minimum Gasteiger partial charge on any atom is -0.390 e. The zero-order valence-corrected chi connectivity index (χ0v) is 25.8. The molecule has 0 radical (unpaired) electrons. The van der Waals surface area contributed by atoms with E-state index < -0.39 is 83.5 Å². The highest BCUT2D eigenvalue weighted by Crippen LogP contribution is 2.61. The van der Waals surface area contributed by atoms with Gasteiger partial charge in [0.2, 0.25) is 5.91 Å². The lowest BCUT2D eigenvalue weighted by Gasteiger charge is -2.29. The molecule has 2 aromatic heterocycles. The summed E-state index contributed by atoms with van der Waals surface area (Å²) in [5.41, 5.74) is 6.93. The molecule has 1 saturated carbocycles. The molecule has 2 aromatic rings. The third-order valence-corrected chi connectivity index (χ3v) is 10.5. The Morgan fingerprint density at radius 1 is 1.04 bits per heavy atom. The third-order valence-electron chi connectivity index (χ3n) is 7.88. The first kappa shape index (κ1) is 33.7. The van der Waals surface area contributed by atoms with Gasteiger partial charge in [-0.15, -0.1) is 0 Å². The average molecular weight is 677 g/mol. The largest absolute Gasteiger partial charge is 0.481 e. The second-order valence-electron chi connectivity index (χ2n) is 10.9. The molecule has 10 atom stereocenters. The number of amides is 1. The highest BCUT2D eigenvalue weighted by molar-refractivity contribution is 7.61. The van der Waals surface area contributed by atoms with Crippen LogP contribution in [0.5, 0.6) is 0 Å². The predicted octanol–water partition coefficient (Wildman–Crippen LogP) is -0.988. The van der Waals surface area contributed by atoms with Crippen LogP contribution in [0.4, 0.5) is 0 Å². The van der Waals surface area contributed by atoms with Gasteiger partial charge >= 0.3 is 15.6 Å². The van der Waals surface area contributed by atoms with E-state index in [-0.39, 0.29) is 12.0 Å². The number of hydrogen-bond acceptors (Lipinski definition) is 15. The number of ether oxygens (including phenoxy) is 1. The van der Waals surface area contributed by atoms with Crippen LogP contribution in [0, 0.1) is 19.8 Å². The summed E-state index contributed by atoms with van der Waals surface area (Å²) in [6.45, 7) is 1.83. The Hall–Kier alpha value is -2.64. The summed E-state index contributed by atoms with van der Waals surface area (Å²) < 4.78 is 46.2. The Morgan fingerprint density at radius 2 is 1.73 bits per heavy atom. The molecule has 1 amide bonds. The standard InChI is InChI=1S/C24H34N6O13P2/c1-11-17-23(27-10-26-11)30(12(2)28-17)24-21(34)20(33)16(42-24)9-41-45(38,39)43-44(36,37)40-8-14-6-15(19(32)18(14)31)29-5-3-4-13(7-29)22(25)35/h3,5,7,10,14-16,18-21,24,31-34H,4,6,8-9H2,1-2H3,(H2,25,35)(H,36,37)(H,38,39). The topological polar surface area (TPSA) is 282 Å². The van der Waals surface area contributed by atoms with Crippen molar-refractivity contribution in [3.63, 3.8) is 0 Å². The average Bonchev–Trinajstić information content (AvgIpc) is 3.56. The lowest BCUT2D eigenvalue weighted by molar-refractivity contribution is -0.114. The second kappa shape index (κ2) is 12.9. The number of imidazole rings is 1. The van der Waals surface area contributed by atoms with Crippen LogP contribution >= 0.6 is 15.6 Å². The first-order chi connectivity index (χ1) is 21.1. The van der Waals surface area contributed by atoms with Gasteiger partial charge in [0.05, 0.1) is 31.1 Å². The number of carbonyl (C=O) groups is 1. The van der Waals surface area contributed by atoms with Crippen molar-refractivity contribution in [2.24, 2.45) is 11.7 Å². The minimum atomic E-state index is -5.32. The molecule has 21 heteroatoms. The lowest BCUT2D eigenvalue weighted by atomic mass is 10.1. The van der Waals surface area contributed by atoms with Crippen molar-refractivity contribution in [3.05, 3.63) is 41.9 Å². The molecule has 1 aliphatic carbocycles. The molecule has 8 N–H and O–H groups in total. The fraction of sp³-hybridized carbons (Fsp3) is 0.583. The summed E-state index contributed by atoms with van der Waals surface area (Å²) in [5.74, 6) is -1.18. The Balaban J connectivity index is 1.16. The van der Waals surface area contributed by atoms with Crippen LogP contribution in [0.2, 0.25) is 0 Å². The van der Waals surface area contributed by atoms with Gasteiger partial charge in [-0.2, -0.15) is 4.31 Å². The highest BCUT2D eigenvalue weighted by atomic mass is 31.3. The van der Waals surface area contributed by atoms with E-state index in [1.165, 1.54) is 22.0 Å².